The largest absolute Gasteiger partial charge is 0.323 e. The molecule has 3 aliphatic carbocycles. The topological polar surface area (TPSA) is 0 Å². The molecule has 0 aromatic carbocycles. The summed E-state index contributed by atoms with van der Waals surface area (Å²) in [5.74, 6) is 6.72. The van der Waals surface area contributed by atoms with Crippen molar-refractivity contribution in [2.24, 2.45) is 41.4 Å². The van der Waals surface area contributed by atoms with E-state index in [1.54, 1.807) is 0 Å². The molecule has 132 valence electrons. The van der Waals surface area contributed by atoms with Crippen LogP contribution in [0.15, 0.2) is 12.7 Å². The summed E-state index contributed by atoms with van der Waals surface area (Å²) in [5.41, 5.74) is 0. The van der Waals surface area contributed by atoms with E-state index in [0.29, 0.717) is 0 Å². The van der Waals surface area contributed by atoms with Gasteiger partial charge in [-0.15, -0.1) is 6.58 Å². The summed E-state index contributed by atoms with van der Waals surface area (Å²) >= 11 is 0. The fraction of sp³-hybridized carbons (Fsp3) is 0.864. The zero-order chi connectivity index (χ0) is 15.5. The Morgan fingerprint density at radius 3 is 1.71 bits per heavy atom. The second-order valence-corrected chi connectivity index (χ2v) is 8.86. The van der Waals surface area contributed by atoms with Crippen molar-refractivity contribution >= 4 is 0 Å². The van der Waals surface area contributed by atoms with Crippen LogP contribution in [0.4, 0.5) is 0 Å². The Morgan fingerprint density at radius 1 is 0.708 bits per heavy atom. The van der Waals surface area contributed by atoms with Crippen LogP contribution in [0.3, 0.4) is 0 Å². The maximum absolute atomic E-state index is 3.99. The first-order valence-corrected chi connectivity index (χ1v) is 10.1. The monoisotopic (exact) mass is 479 g/mol. The Kier molecular flexibility index (Phi) is 11.7. The van der Waals surface area contributed by atoms with Gasteiger partial charge in [-0.25, -0.2) is 0 Å². The number of hydrogen-bond donors (Lipinski definition) is 0. The van der Waals surface area contributed by atoms with Crippen molar-refractivity contribution in [3.8, 4) is 0 Å². The minimum absolute atomic E-state index is 0. The summed E-state index contributed by atoms with van der Waals surface area (Å²) in [5, 5.41) is 0. The first-order valence-electron chi connectivity index (χ1n) is 10.1. The van der Waals surface area contributed by atoms with Crippen LogP contribution >= 0.6 is 0 Å². The molecule has 3 saturated carbocycles. The summed E-state index contributed by atoms with van der Waals surface area (Å²) in [4.78, 5) is 0. The Hall–Kier alpha value is 1.95. The van der Waals surface area contributed by atoms with Crippen LogP contribution in [0.2, 0.25) is 0 Å². The van der Waals surface area contributed by atoms with Crippen LogP contribution in [0.25, 0.3) is 0 Å². The molecule has 0 spiro atoms. The Bertz CT molecular complexity index is 351. The van der Waals surface area contributed by atoms with Crippen LogP contribution in [0.5, 0.6) is 0 Å². The maximum Gasteiger partial charge on any atom is 0 e. The van der Waals surface area contributed by atoms with Crippen LogP contribution in [0, 0.1) is 47.8 Å². The summed E-state index contributed by atoms with van der Waals surface area (Å²) in [6.45, 7) is 8.89. The Morgan fingerprint density at radius 2 is 1.21 bits per heavy atom. The molecule has 0 saturated heterocycles. The van der Waals surface area contributed by atoms with Gasteiger partial charge in [-0.2, -0.15) is 11.8 Å². The molecule has 0 bridgehead atoms. The van der Waals surface area contributed by atoms with E-state index in [4.69, 9.17) is 0 Å². The third-order valence-electron chi connectivity index (χ3n) is 7.50. The van der Waals surface area contributed by atoms with Crippen molar-refractivity contribution in [1.29, 1.82) is 0 Å². The Labute approximate surface area is 201 Å². The smallest absolute Gasteiger partial charge is 0 e. The predicted octanol–water partition coefficient (Wildman–Crippen LogP) is 6.67. The average Bonchev–Trinajstić information content (AvgIpc) is 2.55. The van der Waals surface area contributed by atoms with Gasteiger partial charge in [0.15, 0.2) is 0 Å². The van der Waals surface area contributed by atoms with E-state index in [2.05, 4.69) is 32.9 Å². The molecule has 3 fully saturated rings. The SMILES string of the molecule is C=CC1CCC(C2CCC(C3CCC(C)[CH-]C3C)CC2)CC1.[Y].[Y]. The fourth-order valence-corrected chi connectivity index (χ4v) is 6.04. The van der Waals surface area contributed by atoms with E-state index in [1.807, 2.05) is 0 Å². The molecule has 2 radical (unpaired) electrons. The summed E-state index contributed by atoms with van der Waals surface area (Å²) < 4.78 is 0. The average molecular weight is 479 g/mol. The second kappa shape index (κ2) is 11.7. The van der Waals surface area contributed by atoms with E-state index < -0.39 is 0 Å². The maximum atomic E-state index is 3.99. The van der Waals surface area contributed by atoms with Gasteiger partial charge >= 0.3 is 0 Å². The molecule has 0 amide bonds. The van der Waals surface area contributed by atoms with Gasteiger partial charge < -0.3 is 6.42 Å². The van der Waals surface area contributed by atoms with Crippen molar-refractivity contribution in [3.63, 3.8) is 0 Å². The van der Waals surface area contributed by atoms with Gasteiger partial charge in [0.1, 0.15) is 0 Å². The molecule has 0 heterocycles. The van der Waals surface area contributed by atoms with Gasteiger partial charge in [-0.05, 0) is 75.0 Å². The molecule has 0 aromatic heterocycles. The quantitative estimate of drug-likeness (QED) is 0.314. The molecular formula is C22H37Y2-. The zero-order valence-corrected chi connectivity index (χ0v) is 21.8. The molecule has 3 unspecified atom stereocenters. The molecular weight excluding hydrogens is 442 g/mol. The van der Waals surface area contributed by atoms with Crippen molar-refractivity contribution in [2.75, 3.05) is 0 Å². The number of rotatable bonds is 3. The zero-order valence-electron chi connectivity index (χ0n) is 16.1. The minimum atomic E-state index is 0. The van der Waals surface area contributed by atoms with Crippen LogP contribution in [-0.2, 0) is 65.4 Å². The first kappa shape index (κ1) is 24.0. The molecule has 3 rings (SSSR count). The van der Waals surface area contributed by atoms with Crippen LogP contribution in [0.1, 0.15) is 78.1 Å². The van der Waals surface area contributed by atoms with Gasteiger partial charge in [0.25, 0.3) is 0 Å². The first-order chi connectivity index (χ1) is 10.7. The van der Waals surface area contributed by atoms with Crippen molar-refractivity contribution in [2.45, 2.75) is 78.1 Å². The minimum Gasteiger partial charge on any atom is -0.323 e. The molecule has 0 aliphatic heterocycles. The molecule has 0 nitrogen and oxygen atoms in total. The van der Waals surface area contributed by atoms with Crippen molar-refractivity contribution in [1.82, 2.24) is 0 Å². The normalized spacial score (nSPS) is 43.2. The van der Waals surface area contributed by atoms with Gasteiger partial charge in [0.2, 0.25) is 0 Å². The molecule has 2 heteroatoms. The number of hydrogen-bond acceptors (Lipinski definition) is 0. The van der Waals surface area contributed by atoms with Gasteiger partial charge in [-0.3, -0.25) is 0 Å². The number of allylic oxidation sites excluding steroid dienone is 1. The van der Waals surface area contributed by atoms with E-state index in [0.717, 1.165) is 41.4 Å². The third-order valence-corrected chi connectivity index (χ3v) is 7.50. The summed E-state index contributed by atoms with van der Waals surface area (Å²) in [6, 6.07) is 0. The van der Waals surface area contributed by atoms with Gasteiger partial charge in [0.05, 0.1) is 0 Å². The second-order valence-electron chi connectivity index (χ2n) is 8.86. The van der Waals surface area contributed by atoms with Gasteiger partial charge in [-0.1, -0.05) is 38.7 Å². The summed E-state index contributed by atoms with van der Waals surface area (Å²) in [6.07, 6.45) is 19.7. The van der Waals surface area contributed by atoms with Crippen LogP contribution in [-0.4, -0.2) is 0 Å². The van der Waals surface area contributed by atoms with Crippen molar-refractivity contribution in [3.05, 3.63) is 19.1 Å². The van der Waals surface area contributed by atoms with E-state index in [9.17, 15) is 0 Å². The fourth-order valence-electron chi connectivity index (χ4n) is 6.04. The van der Waals surface area contributed by atoms with E-state index in [-0.39, 0.29) is 65.4 Å². The third kappa shape index (κ3) is 6.24. The molecule has 24 heavy (non-hydrogen) atoms. The van der Waals surface area contributed by atoms with Crippen molar-refractivity contribution < 1.29 is 65.4 Å². The van der Waals surface area contributed by atoms with Gasteiger partial charge in [0, 0.05) is 65.4 Å². The summed E-state index contributed by atoms with van der Waals surface area (Å²) in [7, 11) is 0. The molecule has 3 aliphatic rings. The van der Waals surface area contributed by atoms with E-state index in [1.165, 1.54) is 64.2 Å². The van der Waals surface area contributed by atoms with Crippen LogP contribution < -0.4 is 0 Å². The molecule has 0 aromatic rings. The molecule has 0 N–H and O–H groups in total. The van der Waals surface area contributed by atoms with E-state index >= 15 is 0 Å². The molecule has 3 atom stereocenters. The predicted molar refractivity (Wildman–Crippen MR) is 96.4 cm³/mol. The standard InChI is InChI=1S/C22H37.2Y/c1-4-18-6-8-19(9-7-18)20-10-12-21(13-11-20)22-14-5-16(2)15-17(22)3;;/h4,15-22H,1,5-14H2,2-3H3;;/q-1;;. The Balaban J connectivity index is 0.00000144.